The highest BCUT2D eigenvalue weighted by Crippen LogP contribution is 2.07. The van der Waals surface area contributed by atoms with Gasteiger partial charge in [-0.1, -0.05) is 13.8 Å². The number of carbonyl (C=O) groups excluding carboxylic acids is 2. The molecule has 0 saturated carbocycles. The summed E-state index contributed by atoms with van der Waals surface area (Å²) in [6, 6.07) is -3.58. The van der Waals surface area contributed by atoms with E-state index in [2.05, 4.69) is 20.6 Å². The molecule has 3 unspecified atom stereocenters. The van der Waals surface area contributed by atoms with Crippen LogP contribution in [0.5, 0.6) is 0 Å². The van der Waals surface area contributed by atoms with E-state index < -0.39 is 48.3 Å². The quantitative estimate of drug-likeness (QED) is 0.276. The lowest BCUT2D eigenvalue weighted by Crippen LogP contribution is -2.55. The lowest BCUT2D eigenvalue weighted by Gasteiger charge is -2.23. The van der Waals surface area contributed by atoms with E-state index in [0.717, 1.165) is 0 Å². The van der Waals surface area contributed by atoms with Crippen molar-refractivity contribution in [3.8, 4) is 0 Å². The minimum Gasteiger partial charge on any atom is -0.481 e. The van der Waals surface area contributed by atoms with Gasteiger partial charge in [0.05, 0.1) is 18.8 Å². The predicted octanol–water partition coefficient (Wildman–Crippen LogP) is -1.15. The Labute approximate surface area is 155 Å². The van der Waals surface area contributed by atoms with Gasteiger partial charge in [0.2, 0.25) is 11.8 Å². The van der Waals surface area contributed by atoms with Gasteiger partial charge >= 0.3 is 11.9 Å². The molecule has 1 aromatic rings. The van der Waals surface area contributed by atoms with E-state index in [1.165, 1.54) is 12.5 Å². The van der Waals surface area contributed by atoms with Crippen molar-refractivity contribution in [2.24, 2.45) is 11.7 Å². The monoisotopic (exact) mass is 383 g/mol. The van der Waals surface area contributed by atoms with Crippen molar-refractivity contribution in [2.45, 2.75) is 51.2 Å². The second-order valence-electron chi connectivity index (χ2n) is 6.58. The van der Waals surface area contributed by atoms with Gasteiger partial charge in [0.25, 0.3) is 0 Å². The van der Waals surface area contributed by atoms with Gasteiger partial charge in [-0.05, 0) is 12.3 Å². The highest BCUT2D eigenvalue weighted by molar-refractivity contribution is 5.92. The van der Waals surface area contributed by atoms with Crippen molar-refractivity contribution in [1.82, 2.24) is 20.6 Å². The summed E-state index contributed by atoms with van der Waals surface area (Å²) in [5.74, 6) is -3.96. The zero-order valence-corrected chi connectivity index (χ0v) is 15.1. The highest BCUT2D eigenvalue weighted by atomic mass is 16.4. The molecular formula is C16H25N5O6. The molecular weight excluding hydrogens is 358 g/mol. The van der Waals surface area contributed by atoms with Crippen molar-refractivity contribution in [3.63, 3.8) is 0 Å². The first kappa shape index (κ1) is 22.1. The fourth-order valence-corrected chi connectivity index (χ4v) is 2.35. The molecule has 0 aliphatic rings. The van der Waals surface area contributed by atoms with E-state index in [1.807, 2.05) is 13.8 Å². The molecule has 0 bridgehead atoms. The van der Waals surface area contributed by atoms with E-state index >= 15 is 0 Å². The van der Waals surface area contributed by atoms with E-state index in [9.17, 15) is 24.3 Å². The average molecular weight is 383 g/mol. The fourth-order valence-electron chi connectivity index (χ4n) is 2.35. The highest BCUT2D eigenvalue weighted by Gasteiger charge is 2.29. The summed E-state index contributed by atoms with van der Waals surface area (Å²) in [7, 11) is 0. The van der Waals surface area contributed by atoms with Gasteiger partial charge in [-0.15, -0.1) is 0 Å². The van der Waals surface area contributed by atoms with E-state index in [-0.39, 0.29) is 18.8 Å². The second kappa shape index (κ2) is 10.3. The van der Waals surface area contributed by atoms with Gasteiger partial charge in [-0.3, -0.25) is 14.4 Å². The van der Waals surface area contributed by atoms with Crippen LogP contribution in [0.3, 0.4) is 0 Å². The molecule has 27 heavy (non-hydrogen) atoms. The van der Waals surface area contributed by atoms with Crippen molar-refractivity contribution in [3.05, 3.63) is 18.2 Å². The fraction of sp³-hybridized carbons (Fsp3) is 0.562. The summed E-state index contributed by atoms with van der Waals surface area (Å²) in [5.41, 5.74) is 6.03. The molecule has 0 aliphatic carbocycles. The number of H-pyrrole nitrogens is 1. The Kier molecular flexibility index (Phi) is 8.39. The number of aromatic nitrogens is 2. The Hall–Kier alpha value is -2.95. The van der Waals surface area contributed by atoms with E-state index in [4.69, 9.17) is 10.8 Å². The minimum absolute atomic E-state index is 0.00707. The molecule has 11 heteroatoms. The maximum absolute atomic E-state index is 12.5. The Bertz CT molecular complexity index is 660. The Balaban J connectivity index is 2.81. The summed E-state index contributed by atoms with van der Waals surface area (Å²) >= 11 is 0. The Morgan fingerprint density at radius 3 is 2.26 bits per heavy atom. The lowest BCUT2D eigenvalue weighted by molar-refractivity contribution is -0.142. The molecule has 0 spiro atoms. The van der Waals surface area contributed by atoms with Gasteiger partial charge in [0.15, 0.2) is 0 Å². The van der Waals surface area contributed by atoms with Crippen LogP contribution in [0.15, 0.2) is 12.5 Å². The third-order valence-corrected chi connectivity index (χ3v) is 3.66. The number of rotatable bonds is 11. The van der Waals surface area contributed by atoms with Gasteiger partial charge < -0.3 is 31.6 Å². The van der Waals surface area contributed by atoms with Crippen LogP contribution in [0, 0.1) is 5.92 Å². The van der Waals surface area contributed by atoms with E-state index in [1.54, 1.807) is 0 Å². The predicted molar refractivity (Wildman–Crippen MR) is 93.5 cm³/mol. The Morgan fingerprint density at radius 2 is 1.78 bits per heavy atom. The molecule has 2 amide bonds. The van der Waals surface area contributed by atoms with Crippen LogP contribution in [0.25, 0.3) is 0 Å². The van der Waals surface area contributed by atoms with Crippen molar-refractivity contribution in [2.75, 3.05) is 0 Å². The van der Waals surface area contributed by atoms with Gasteiger partial charge in [0, 0.05) is 18.3 Å². The van der Waals surface area contributed by atoms with E-state index in [0.29, 0.717) is 5.69 Å². The number of carboxylic acid groups (broad SMARTS) is 2. The minimum atomic E-state index is -1.31. The zero-order chi connectivity index (χ0) is 20.6. The first-order valence-corrected chi connectivity index (χ1v) is 8.38. The standard InChI is InChI=1S/C16H25N5O6/c1-8(2)3-11(20-14(24)10(17)5-13(22)23)15(25)21-12(16(26)27)4-9-6-18-7-19-9/h6-8,10-12H,3-5,17H2,1-2H3,(H,18,19)(H,20,24)(H,21,25)(H,22,23)(H,26,27). The van der Waals surface area contributed by atoms with Crippen molar-refractivity contribution < 1.29 is 29.4 Å². The molecule has 3 atom stereocenters. The number of carbonyl (C=O) groups is 4. The van der Waals surface area contributed by atoms with Gasteiger partial charge in [-0.25, -0.2) is 9.78 Å². The number of aromatic amines is 1. The Morgan fingerprint density at radius 1 is 1.15 bits per heavy atom. The van der Waals surface area contributed by atoms with Crippen LogP contribution in [0.4, 0.5) is 0 Å². The largest absolute Gasteiger partial charge is 0.481 e. The number of hydrogen-bond acceptors (Lipinski definition) is 6. The summed E-state index contributed by atoms with van der Waals surface area (Å²) in [6.07, 6.45) is 2.47. The SMILES string of the molecule is CC(C)CC(NC(=O)C(N)CC(=O)O)C(=O)NC(Cc1cnc[nH]1)C(=O)O. The van der Waals surface area contributed by atoms with Crippen LogP contribution in [-0.4, -0.2) is 62.1 Å². The number of imidazole rings is 1. The molecule has 7 N–H and O–H groups in total. The number of nitrogens with zero attached hydrogens (tertiary/aromatic N) is 1. The third kappa shape index (κ3) is 7.86. The second-order valence-corrected chi connectivity index (χ2v) is 6.58. The van der Waals surface area contributed by atoms with Gasteiger partial charge in [0.1, 0.15) is 12.1 Å². The lowest BCUT2D eigenvalue weighted by atomic mass is 10.0. The number of nitrogens with one attached hydrogen (secondary N) is 3. The van der Waals surface area contributed by atoms with Crippen LogP contribution in [-0.2, 0) is 25.6 Å². The first-order chi connectivity index (χ1) is 12.6. The zero-order valence-electron chi connectivity index (χ0n) is 15.1. The summed E-state index contributed by atoms with van der Waals surface area (Å²) in [6.45, 7) is 3.64. The molecule has 0 aromatic carbocycles. The topological polar surface area (TPSA) is 188 Å². The van der Waals surface area contributed by atoms with Gasteiger partial charge in [-0.2, -0.15) is 0 Å². The number of amides is 2. The molecule has 1 aromatic heterocycles. The van der Waals surface area contributed by atoms with Crippen LogP contribution in [0.2, 0.25) is 0 Å². The molecule has 1 rings (SSSR count). The summed E-state index contributed by atoms with van der Waals surface area (Å²) < 4.78 is 0. The molecule has 1 heterocycles. The van der Waals surface area contributed by atoms with Crippen LogP contribution < -0.4 is 16.4 Å². The summed E-state index contributed by atoms with van der Waals surface area (Å²) in [4.78, 5) is 53.2. The van der Waals surface area contributed by atoms with Crippen LogP contribution in [0.1, 0.15) is 32.4 Å². The average Bonchev–Trinajstić information content (AvgIpc) is 3.05. The smallest absolute Gasteiger partial charge is 0.326 e. The molecule has 150 valence electrons. The maximum Gasteiger partial charge on any atom is 0.326 e. The molecule has 0 radical (unpaired) electrons. The number of nitrogens with two attached hydrogens (primary N) is 1. The van der Waals surface area contributed by atoms with Crippen LogP contribution >= 0.6 is 0 Å². The van der Waals surface area contributed by atoms with Crippen molar-refractivity contribution >= 4 is 23.8 Å². The van der Waals surface area contributed by atoms with Crippen molar-refractivity contribution in [1.29, 1.82) is 0 Å². The normalized spacial score (nSPS) is 14.2. The molecule has 11 nitrogen and oxygen atoms in total. The number of hydrogen-bond donors (Lipinski definition) is 6. The molecule has 0 fully saturated rings. The molecule has 0 saturated heterocycles. The summed E-state index contributed by atoms with van der Waals surface area (Å²) in [5, 5.41) is 22.8. The first-order valence-electron chi connectivity index (χ1n) is 8.38. The third-order valence-electron chi connectivity index (χ3n) is 3.66. The number of carboxylic acids is 2. The number of aliphatic carboxylic acids is 2. The maximum atomic E-state index is 12.5. The molecule has 0 aliphatic heterocycles.